The highest BCUT2D eigenvalue weighted by molar-refractivity contribution is 9.09. The van der Waals surface area contributed by atoms with Crippen LogP contribution < -0.4 is 0 Å². The van der Waals surface area contributed by atoms with Gasteiger partial charge in [-0.15, -0.1) is 0 Å². The van der Waals surface area contributed by atoms with Crippen molar-refractivity contribution in [1.82, 2.24) is 9.80 Å². The van der Waals surface area contributed by atoms with Crippen molar-refractivity contribution in [3.63, 3.8) is 0 Å². The fourth-order valence-electron chi connectivity index (χ4n) is 4.13. The van der Waals surface area contributed by atoms with Gasteiger partial charge in [0, 0.05) is 36.0 Å². The molecule has 2 aromatic carbocycles. The van der Waals surface area contributed by atoms with Gasteiger partial charge in [0.25, 0.3) is 17.7 Å². The molecule has 3 aliphatic heterocycles. The quantitative estimate of drug-likeness (QED) is 0.312. The van der Waals surface area contributed by atoms with Gasteiger partial charge in [0.05, 0.1) is 23.4 Å². The van der Waals surface area contributed by atoms with E-state index in [-0.39, 0.29) is 23.7 Å². The van der Waals surface area contributed by atoms with Crippen molar-refractivity contribution in [2.45, 2.75) is 33.6 Å². The molecule has 0 fully saturated rings. The lowest BCUT2D eigenvalue weighted by Crippen LogP contribution is -2.31. The molecule has 0 N–H and O–H groups in total. The minimum absolute atomic E-state index is 0.123. The van der Waals surface area contributed by atoms with Crippen LogP contribution in [0.5, 0.6) is 0 Å². The van der Waals surface area contributed by atoms with E-state index < -0.39 is 0 Å². The highest BCUT2D eigenvalue weighted by Gasteiger charge is 2.36. The molecule has 0 radical (unpaired) electrons. The largest absolute Gasteiger partial charge is 0.466 e. The first kappa shape index (κ1) is 26.3. The molecule has 3 aliphatic rings. The number of carbonyl (C=O) groups is 4. The van der Waals surface area contributed by atoms with Gasteiger partial charge < -0.3 is 9.64 Å². The summed E-state index contributed by atoms with van der Waals surface area (Å²) in [7, 11) is 0. The normalized spacial score (nSPS) is 15.1. The Labute approximate surface area is 213 Å². The highest BCUT2D eigenvalue weighted by atomic mass is 79.9. The van der Waals surface area contributed by atoms with E-state index >= 15 is 0 Å². The predicted molar refractivity (Wildman–Crippen MR) is 137 cm³/mol. The summed E-state index contributed by atoms with van der Waals surface area (Å²) >= 11 is 3.21. The molecule has 2 aromatic rings. The smallest absolute Gasteiger partial charge is 0.305 e. The first-order valence-corrected chi connectivity index (χ1v) is 12.8. The first-order chi connectivity index (χ1) is 16.8. The summed E-state index contributed by atoms with van der Waals surface area (Å²) in [5, 5.41) is 0.610. The topological polar surface area (TPSA) is 84.0 Å². The van der Waals surface area contributed by atoms with Crippen molar-refractivity contribution >= 4 is 45.3 Å². The number of nitrogens with zero attached hydrogens (tertiary/aromatic N) is 2. The van der Waals surface area contributed by atoms with Gasteiger partial charge in [-0.2, -0.15) is 0 Å². The van der Waals surface area contributed by atoms with Gasteiger partial charge in [-0.1, -0.05) is 53.2 Å². The zero-order valence-electron chi connectivity index (χ0n) is 20.2. The summed E-state index contributed by atoms with van der Waals surface area (Å²) in [6, 6.07) is 14.8. The number of imide groups is 1. The molecule has 35 heavy (non-hydrogen) atoms. The molecule has 184 valence electrons. The molecule has 3 amide bonds. The van der Waals surface area contributed by atoms with Crippen LogP contribution in [-0.2, 0) is 9.53 Å². The Bertz CT molecular complexity index is 1140. The number of carbonyl (C=O) groups excluding carboxylic acids is 4. The minimum atomic E-state index is -0.190. The summed E-state index contributed by atoms with van der Waals surface area (Å²) in [4.78, 5) is 48.6. The van der Waals surface area contributed by atoms with Crippen molar-refractivity contribution in [3.8, 4) is 0 Å². The molecule has 5 rings (SSSR count). The highest BCUT2D eigenvalue weighted by Crippen LogP contribution is 2.39. The lowest BCUT2D eigenvalue weighted by Gasteiger charge is -2.10. The third-order valence-electron chi connectivity index (χ3n) is 5.82. The van der Waals surface area contributed by atoms with E-state index in [9.17, 15) is 19.2 Å². The van der Waals surface area contributed by atoms with E-state index in [1.165, 1.54) is 10.5 Å². The first-order valence-electron chi connectivity index (χ1n) is 11.6. The van der Waals surface area contributed by atoms with Crippen LogP contribution in [0.25, 0.3) is 5.70 Å². The second kappa shape index (κ2) is 11.9. The Kier molecular flexibility index (Phi) is 8.98. The molecule has 0 saturated heterocycles. The number of rotatable bonds is 4. The van der Waals surface area contributed by atoms with Gasteiger partial charge in [0.2, 0.25) is 0 Å². The maximum absolute atomic E-state index is 11.9. The predicted octanol–water partition coefficient (Wildman–Crippen LogP) is 4.91. The van der Waals surface area contributed by atoms with Gasteiger partial charge in [-0.25, -0.2) is 0 Å². The third kappa shape index (κ3) is 5.53. The Morgan fingerprint density at radius 2 is 1.40 bits per heavy atom. The monoisotopic (exact) mass is 540 g/mol. The molecule has 0 atom stereocenters. The average Bonchev–Trinajstić information content (AvgIpc) is 3.48. The van der Waals surface area contributed by atoms with E-state index in [2.05, 4.69) is 27.6 Å². The second-order valence-electron chi connectivity index (χ2n) is 8.04. The number of halogens is 1. The molecule has 0 spiro atoms. The maximum Gasteiger partial charge on any atom is 0.305 e. The molecular formula is C27H29BrN2O5. The van der Waals surface area contributed by atoms with Crippen LogP contribution in [0.1, 0.15) is 70.3 Å². The molecule has 0 unspecified atom stereocenters. The summed E-state index contributed by atoms with van der Waals surface area (Å²) < 4.78 is 4.55. The molecule has 0 aliphatic carbocycles. The number of hydrogen-bond acceptors (Lipinski definition) is 5. The fourth-order valence-corrected chi connectivity index (χ4v) is 4.48. The number of fused-ring (bicyclic) bond motifs is 4. The fraction of sp³-hybridized carbons (Fsp3) is 0.333. The van der Waals surface area contributed by atoms with Crippen molar-refractivity contribution < 1.29 is 23.9 Å². The third-order valence-corrected chi connectivity index (χ3v) is 6.18. The van der Waals surface area contributed by atoms with Crippen molar-refractivity contribution in [1.29, 1.82) is 0 Å². The number of hydrogen-bond donors (Lipinski definition) is 0. The van der Waals surface area contributed by atoms with Crippen LogP contribution in [0.4, 0.5) is 0 Å². The van der Waals surface area contributed by atoms with E-state index in [0.29, 0.717) is 36.0 Å². The molecule has 0 saturated carbocycles. The Hall–Kier alpha value is -3.26. The molecule has 0 bridgehead atoms. The Morgan fingerprint density at radius 1 is 0.886 bits per heavy atom. The van der Waals surface area contributed by atoms with Crippen molar-refractivity contribution in [2.24, 2.45) is 0 Å². The average molecular weight is 541 g/mol. The van der Waals surface area contributed by atoms with Gasteiger partial charge in [0.1, 0.15) is 0 Å². The van der Waals surface area contributed by atoms with E-state index in [1.54, 1.807) is 38.1 Å². The van der Waals surface area contributed by atoms with E-state index in [4.69, 9.17) is 0 Å². The molecule has 8 heteroatoms. The van der Waals surface area contributed by atoms with Crippen LogP contribution in [0.15, 0.2) is 54.1 Å². The zero-order chi connectivity index (χ0) is 25.5. The molecule has 0 aromatic heterocycles. The molecule has 3 heterocycles. The maximum atomic E-state index is 11.9. The minimum Gasteiger partial charge on any atom is -0.466 e. The SMILES string of the molecule is CC1=C2c3ccccc3C(=O)N2CC1.CCOC(=O)CC.O=C1c2ccccc2C(=O)N1CCBr. The number of amides is 3. The number of alkyl halides is 1. The van der Waals surface area contributed by atoms with E-state index in [1.807, 2.05) is 29.2 Å². The standard InChI is InChI=1S/C12H11NO.C10H8BrNO2.C5H10O2/c1-8-6-7-13-11(8)9-4-2-3-5-10(9)12(13)14;11-5-6-12-9(13)7-3-1-2-4-8(7)10(12)14;1-3-5(6)7-4-2/h2-5H,6-7H2,1H3;1-4H,5-6H2;3-4H2,1-2H3. The van der Waals surface area contributed by atoms with Gasteiger partial charge in [-0.05, 0) is 44.0 Å². The van der Waals surface area contributed by atoms with Crippen LogP contribution in [0.3, 0.4) is 0 Å². The van der Waals surface area contributed by atoms with Crippen molar-refractivity contribution in [2.75, 3.05) is 25.0 Å². The van der Waals surface area contributed by atoms with Crippen molar-refractivity contribution in [3.05, 3.63) is 76.4 Å². The van der Waals surface area contributed by atoms with Crippen LogP contribution in [0.2, 0.25) is 0 Å². The van der Waals surface area contributed by atoms with Gasteiger partial charge in [0.15, 0.2) is 0 Å². The zero-order valence-corrected chi connectivity index (χ0v) is 21.8. The van der Waals surface area contributed by atoms with Crippen LogP contribution in [0, 0.1) is 0 Å². The lowest BCUT2D eigenvalue weighted by atomic mass is 10.1. The summed E-state index contributed by atoms with van der Waals surface area (Å²) in [6.07, 6.45) is 1.50. The number of esters is 1. The lowest BCUT2D eigenvalue weighted by molar-refractivity contribution is -0.142. The van der Waals surface area contributed by atoms with Crippen LogP contribution >= 0.6 is 15.9 Å². The number of benzene rings is 2. The summed E-state index contributed by atoms with van der Waals surface area (Å²) in [6.45, 7) is 7.46. The summed E-state index contributed by atoms with van der Waals surface area (Å²) in [5.74, 6) is -0.329. The van der Waals surface area contributed by atoms with Crippen LogP contribution in [-0.4, -0.2) is 58.5 Å². The summed E-state index contributed by atoms with van der Waals surface area (Å²) in [5.41, 5.74) is 5.50. The molecular weight excluding hydrogens is 512 g/mol. The van der Waals surface area contributed by atoms with E-state index in [0.717, 1.165) is 29.8 Å². The number of ether oxygens (including phenoxy) is 1. The second-order valence-corrected chi connectivity index (χ2v) is 8.83. The Balaban J connectivity index is 0.000000156. The molecule has 7 nitrogen and oxygen atoms in total. The van der Waals surface area contributed by atoms with Gasteiger partial charge >= 0.3 is 5.97 Å². The van der Waals surface area contributed by atoms with Gasteiger partial charge in [-0.3, -0.25) is 24.1 Å². The Morgan fingerprint density at radius 3 is 1.86 bits per heavy atom.